The van der Waals surface area contributed by atoms with Crippen LogP contribution in [-0.2, 0) is 4.79 Å². The van der Waals surface area contributed by atoms with Gasteiger partial charge in [0.2, 0.25) is 0 Å². The third-order valence-electron chi connectivity index (χ3n) is 4.82. The number of aromatic nitrogens is 1. The van der Waals surface area contributed by atoms with E-state index in [1.807, 2.05) is 18.2 Å². The molecule has 0 bridgehead atoms. The number of furan rings is 1. The van der Waals surface area contributed by atoms with Crippen molar-refractivity contribution >= 4 is 28.6 Å². The lowest BCUT2D eigenvalue weighted by Gasteiger charge is -2.27. The Kier molecular flexibility index (Phi) is 5.34. The first-order chi connectivity index (χ1) is 14.6. The Morgan fingerprint density at radius 2 is 1.93 bits per heavy atom. The molecular formula is C21H20N4O5. The van der Waals surface area contributed by atoms with Crippen LogP contribution in [0, 0.1) is 0 Å². The van der Waals surface area contributed by atoms with Gasteiger partial charge < -0.3 is 14.5 Å². The topological polar surface area (TPSA) is 105 Å². The number of carbonyl (C=O) groups excluding carboxylic acids is 3. The number of amides is 3. The van der Waals surface area contributed by atoms with Crippen LogP contribution in [0.3, 0.4) is 0 Å². The highest BCUT2D eigenvalue weighted by atomic mass is 16.5. The van der Waals surface area contributed by atoms with E-state index >= 15 is 0 Å². The van der Waals surface area contributed by atoms with E-state index in [9.17, 15) is 14.4 Å². The van der Waals surface area contributed by atoms with Gasteiger partial charge in [0.05, 0.1) is 25.4 Å². The van der Waals surface area contributed by atoms with Gasteiger partial charge in [-0.1, -0.05) is 12.1 Å². The summed E-state index contributed by atoms with van der Waals surface area (Å²) in [6.07, 6.45) is 2.01. The van der Waals surface area contributed by atoms with Gasteiger partial charge in [0.15, 0.2) is 5.76 Å². The molecule has 9 nitrogen and oxygen atoms in total. The third kappa shape index (κ3) is 3.69. The molecule has 154 valence electrons. The van der Waals surface area contributed by atoms with Gasteiger partial charge in [0.25, 0.3) is 17.7 Å². The summed E-state index contributed by atoms with van der Waals surface area (Å²) in [4.78, 5) is 42.2. The fourth-order valence-corrected chi connectivity index (χ4v) is 3.38. The Morgan fingerprint density at radius 1 is 1.13 bits per heavy atom. The van der Waals surface area contributed by atoms with E-state index in [1.165, 1.54) is 29.5 Å². The number of carbonyl (C=O) groups is 3. The van der Waals surface area contributed by atoms with Crippen molar-refractivity contribution in [1.29, 1.82) is 0 Å². The molecule has 0 aliphatic carbocycles. The highest BCUT2D eigenvalue weighted by Crippen LogP contribution is 2.26. The maximum atomic E-state index is 13.1. The number of nitrogens with one attached hydrogen (secondary N) is 1. The van der Waals surface area contributed by atoms with E-state index in [-0.39, 0.29) is 18.0 Å². The summed E-state index contributed by atoms with van der Waals surface area (Å²) in [5.41, 5.74) is 0.813. The lowest BCUT2D eigenvalue weighted by molar-refractivity contribution is -0.139. The quantitative estimate of drug-likeness (QED) is 0.691. The highest BCUT2D eigenvalue weighted by Gasteiger charge is 2.32. The van der Waals surface area contributed by atoms with E-state index in [0.717, 1.165) is 5.39 Å². The van der Waals surface area contributed by atoms with Crippen LogP contribution in [0.4, 0.5) is 0 Å². The second-order valence-electron chi connectivity index (χ2n) is 6.69. The maximum Gasteiger partial charge on any atom is 0.291 e. The fraction of sp³-hybridized carbons (Fsp3) is 0.238. The molecule has 1 saturated heterocycles. The monoisotopic (exact) mass is 408 g/mol. The van der Waals surface area contributed by atoms with Gasteiger partial charge >= 0.3 is 0 Å². The molecule has 0 unspecified atom stereocenters. The van der Waals surface area contributed by atoms with E-state index in [0.29, 0.717) is 30.8 Å². The Hall–Kier alpha value is -3.88. The van der Waals surface area contributed by atoms with Crippen LogP contribution in [-0.4, -0.2) is 59.5 Å². The molecule has 3 heterocycles. The molecule has 0 atom stereocenters. The van der Waals surface area contributed by atoms with Gasteiger partial charge in [-0.3, -0.25) is 14.4 Å². The first-order valence-electron chi connectivity index (χ1n) is 9.46. The van der Waals surface area contributed by atoms with E-state index in [4.69, 9.17) is 9.15 Å². The van der Waals surface area contributed by atoms with Gasteiger partial charge in [-0.15, -0.1) is 0 Å². The minimum atomic E-state index is -0.494. The number of para-hydroxylation sites is 1. The molecule has 0 saturated carbocycles. The number of benzene rings is 1. The standard InChI is InChI=1S/C21H20N4O5/c1-29-18-12-16(23-15-7-3-2-6-14(15)18)21(28)25-10-5-9-24(25)19(26)13-22-20(27)17-8-4-11-30-17/h2-4,6-8,11-12H,5,9-10,13H2,1H3,(H,22,27). The zero-order chi connectivity index (χ0) is 21.1. The van der Waals surface area contributed by atoms with Crippen LogP contribution in [0.2, 0.25) is 0 Å². The first-order valence-corrected chi connectivity index (χ1v) is 9.46. The maximum absolute atomic E-state index is 13.1. The first kappa shape index (κ1) is 19.4. The number of hydrogen-bond acceptors (Lipinski definition) is 6. The fourth-order valence-electron chi connectivity index (χ4n) is 3.38. The summed E-state index contributed by atoms with van der Waals surface area (Å²) in [6, 6.07) is 12.0. The molecule has 1 N–H and O–H groups in total. The molecule has 0 spiro atoms. The van der Waals surface area contributed by atoms with Gasteiger partial charge in [-0.2, -0.15) is 0 Å². The van der Waals surface area contributed by atoms with Crippen molar-refractivity contribution in [2.24, 2.45) is 0 Å². The summed E-state index contributed by atoms with van der Waals surface area (Å²) in [5.74, 6) is -0.640. The second kappa shape index (κ2) is 8.24. The summed E-state index contributed by atoms with van der Waals surface area (Å²) in [6.45, 7) is 0.511. The van der Waals surface area contributed by atoms with Crippen molar-refractivity contribution in [1.82, 2.24) is 20.3 Å². The molecule has 1 aromatic carbocycles. The Bertz CT molecular complexity index is 1100. The Morgan fingerprint density at radius 3 is 2.70 bits per heavy atom. The molecule has 1 fully saturated rings. The number of rotatable bonds is 5. The van der Waals surface area contributed by atoms with Crippen LogP contribution in [0.15, 0.2) is 53.1 Å². The van der Waals surface area contributed by atoms with E-state index < -0.39 is 17.7 Å². The molecule has 4 rings (SSSR count). The SMILES string of the molecule is COc1cc(C(=O)N2CCCN2C(=O)CNC(=O)c2ccco2)nc2ccccc12. The van der Waals surface area contributed by atoms with Crippen LogP contribution in [0.25, 0.3) is 10.9 Å². The summed E-state index contributed by atoms with van der Waals surface area (Å²) in [5, 5.41) is 6.00. The van der Waals surface area contributed by atoms with Crippen molar-refractivity contribution in [2.45, 2.75) is 6.42 Å². The molecule has 3 aromatic rings. The molecule has 0 radical (unpaired) electrons. The number of hydrazine groups is 1. The number of ether oxygens (including phenoxy) is 1. The predicted molar refractivity (Wildman–Crippen MR) is 107 cm³/mol. The number of nitrogens with zero attached hydrogens (tertiary/aromatic N) is 3. The molecule has 1 aliphatic rings. The van der Waals surface area contributed by atoms with E-state index in [1.54, 1.807) is 18.2 Å². The van der Waals surface area contributed by atoms with Crippen molar-refractivity contribution < 1.29 is 23.5 Å². The molecule has 1 aliphatic heterocycles. The second-order valence-corrected chi connectivity index (χ2v) is 6.69. The van der Waals surface area contributed by atoms with Gasteiger partial charge in [0, 0.05) is 24.5 Å². The number of hydrogen-bond donors (Lipinski definition) is 1. The largest absolute Gasteiger partial charge is 0.496 e. The van der Waals surface area contributed by atoms with Gasteiger partial charge in [-0.05, 0) is 30.7 Å². The average molecular weight is 408 g/mol. The van der Waals surface area contributed by atoms with Crippen molar-refractivity contribution in [3.8, 4) is 5.75 Å². The minimum Gasteiger partial charge on any atom is -0.496 e. The van der Waals surface area contributed by atoms with Crippen molar-refractivity contribution in [3.05, 3.63) is 60.2 Å². The predicted octanol–water partition coefficient (Wildman–Crippen LogP) is 1.86. The van der Waals surface area contributed by atoms with Crippen LogP contribution >= 0.6 is 0 Å². The highest BCUT2D eigenvalue weighted by molar-refractivity contribution is 5.99. The molecule has 2 aromatic heterocycles. The average Bonchev–Trinajstić information content (AvgIpc) is 3.48. The van der Waals surface area contributed by atoms with Gasteiger partial charge in [-0.25, -0.2) is 15.0 Å². The zero-order valence-corrected chi connectivity index (χ0v) is 16.3. The number of fused-ring (bicyclic) bond motifs is 1. The van der Waals surface area contributed by atoms with E-state index in [2.05, 4.69) is 10.3 Å². The minimum absolute atomic E-state index is 0.115. The summed E-state index contributed by atoms with van der Waals surface area (Å²) < 4.78 is 10.4. The summed E-state index contributed by atoms with van der Waals surface area (Å²) in [7, 11) is 1.53. The molecule has 9 heteroatoms. The van der Waals surface area contributed by atoms with Crippen LogP contribution in [0.1, 0.15) is 27.5 Å². The van der Waals surface area contributed by atoms with Crippen molar-refractivity contribution in [2.75, 3.05) is 26.7 Å². The third-order valence-corrected chi connectivity index (χ3v) is 4.82. The summed E-state index contributed by atoms with van der Waals surface area (Å²) >= 11 is 0. The number of pyridine rings is 1. The van der Waals surface area contributed by atoms with Crippen LogP contribution in [0.5, 0.6) is 5.75 Å². The molecule has 30 heavy (non-hydrogen) atoms. The Labute approximate surface area is 172 Å². The lowest BCUT2D eigenvalue weighted by atomic mass is 10.1. The smallest absolute Gasteiger partial charge is 0.291 e. The molecule has 3 amide bonds. The molecular weight excluding hydrogens is 388 g/mol. The normalized spacial score (nSPS) is 13.5. The van der Waals surface area contributed by atoms with Gasteiger partial charge in [0.1, 0.15) is 11.4 Å². The lowest BCUT2D eigenvalue weighted by Crippen LogP contribution is -2.48. The van der Waals surface area contributed by atoms with Crippen LogP contribution < -0.4 is 10.1 Å². The number of methoxy groups -OCH3 is 1. The zero-order valence-electron chi connectivity index (χ0n) is 16.3. The van der Waals surface area contributed by atoms with Crippen molar-refractivity contribution in [3.63, 3.8) is 0 Å². The Balaban J connectivity index is 1.50.